The highest BCUT2D eigenvalue weighted by atomic mass is 35.5. The van der Waals surface area contributed by atoms with Gasteiger partial charge >= 0.3 is 0 Å². The van der Waals surface area contributed by atoms with E-state index in [1.165, 1.54) is 38.5 Å². The maximum absolute atomic E-state index is 6.30. The first-order chi connectivity index (χ1) is 6.18. The molecule has 3 heteroatoms. The van der Waals surface area contributed by atoms with Crippen molar-refractivity contribution in [1.29, 1.82) is 0 Å². The van der Waals surface area contributed by atoms with Gasteiger partial charge in [-0.25, -0.2) is 0 Å². The summed E-state index contributed by atoms with van der Waals surface area (Å²) in [4.78, 5) is -0.409. The highest BCUT2D eigenvalue weighted by molar-refractivity contribution is 6.23. The summed E-state index contributed by atoms with van der Waals surface area (Å²) in [6, 6.07) is 0.484. The minimum absolute atomic E-state index is 0.409. The van der Waals surface area contributed by atoms with Crippen LogP contribution in [0.5, 0.6) is 0 Å². The van der Waals surface area contributed by atoms with Crippen molar-refractivity contribution in [2.45, 2.75) is 56.5 Å². The van der Waals surface area contributed by atoms with E-state index < -0.39 is 5.00 Å². The van der Waals surface area contributed by atoms with Crippen LogP contribution >= 0.6 is 11.6 Å². The first-order valence-electron chi connectivity index (χ1n) is 5.29. The maximum atomic E-state index is 6.30. The number of azo groups is 1. The Morgan fingerprint density at radius 1 is 1.15 bits per heavy atom. The zero-order valence-electron chi connectivity index (χ0n) is 8.17. The number of hydrogen-bond donors (Lipinski definition) is 0. The van der Waals surface area contributed by atoms with Gasteiger partial charge in [0.2, 0.25) is 0 Å². The maximum Gasteiger partial charge on any atom is 0.154 e. The summed E-state index contributed by atoms with van der Waals surface area (Å²) in [7, 11) is 0. The van der Waals surface area contributed by atoms with E-state index in [0.717, 1.165) is 0 Å². The Morgan fingerprint density at radius 2 is 1.77 bits per heavy atom. The molecule has 1 atom stereocenters. The highest BCUT2D eigenvalue weighted by Crippen LogP contribution is 2.41. The van der Waals surface area contributed by atoms with Crippen LogP contribution in [-0.2, 0) is 0 Å². The number of alkyl halides is 1. The highest BCUT2D eigenvalue weighted by Gasteiger charge is 2.36. The molecule has 0 aromatic heterocycles. The van der Waals surface area contributed by atoms with Gasteiger partial charge in [-0.05, 0) is 44.9 Å². The minimum atomic E-state index is -0.409. The van der Waals surface area contributed by atoms with Crippen LogP contribution < -0.4 is 0 Å². The molecular formula is C10H17ClN2. The van der Waals surface area contributed by atoms with Gasteiger partial charge < -0.3 is 0 Å². The van der Waals surface area contributed by atoms with Crippen molar-refractivity contribution < 1.29 is 0 Å². The molecular weight excluding hydrogens is 184 g/mol. The largest absolute Gasteiger partial charge is 0.189 e. The fraction of sp³-hybridized carbons (Fsp3) is 1.00. The molecule has 0 bridgehead atoms. The van der Waals surface area contributed by atoms with Crippen molar-refractivity contribution in [3.05, 3.63) is 0 Å². The van der Waals surface area contributed by atoms with Crippen molar-refractivity contribution in [3.8, 4) is 0 Å². The van der Waals surface area contributed by atoms with Crippen LogP contribution in [-0.4, -0.2) is 11.0 Å². The summed E-state index contributed by atoms with van der Waals surface area (Å²) in [5, 5.41) is 8.59. The molecule has 2 rings (SSSR count). The summed E-state index contributed by atoms with van der Waals surface area (Å²) >= 11 is 6.30. The number of nitrogens with zero attached hydrogens (tertiary/aromatic N) is 2. The molecule has 0 N–H and O–H groups in total. The molecule has 0 radical (unpaired) electrons. The van der Waals surface area contributed by atoms with Gasteiger partial charge in [0.05, 0.1) is 6.04 Å². The molecule has 1 unspecified atom stereocenters. The summed E-state index contributed by atoms with van der Waals surface area (Å²) in [5.41, 5.74) is 0. The summed E-state index contributed by atoms with van der Waals surface area (Å²) < 4.78 is 0. The van der Waals surface area contributed by atoms with E-state index in [0.29, 0.717) is 12.0 Å². The van der Waals surface area contributed by atoms with Gasteiger partial charge in [0.25, 0.3) is 0 Å². The van der Waals surface area contributed by atoms with Gasteiger partial charge in [0, 0.05) is 0 Å². The van der Waals surface area contributed by atoms with Crippen LogP contribution in [0.2, 0.25) is 0 Å². The van der Waals surface area contributed by atoms with E-state index in [1.54, 1.807) is 0 Å². The Bertz CT molecular complexity index is 205. The molecule has 2 fully saturated rings. The molecule has 2 nitrogen and oxygen atoms in total. The van der Waals surface area contributed by atoms with Crippen molar-refractivity contribution in [2.24, 2.45) is 16.1 Å². The standard InChI is InChI=1S/C10H17ClN2/c1-10(11,8-4-2-5-8)13-12-9-6-3-7-9/h8-9H,2-7H2,1H3. The van der Waals surface area contributed by atoms with Gasteiger partial charge in [0.15, 0.2) is 5.00 Å². The monoisotopic (exact) mass is 200 g/mol. The van der Waals surface area contributed by atoms with Crippen LogP contribution in [0.3, 0.4) is 0 Å². The molecule has 2 saturated carbocycles. The second-order valence-corrected chi connectivity index (χ2v) is 5.22. The van der Waals surface area contributed by atoms with Crippen LogP contribution in [0.15, 0.2) is 10.2 Å². The third-order valence-corrected chi connectivity index (χ3v) is 3.73. The topological polar surface area (TPSA) is 24.7 Å². The van der Waals surface area contributed by atoms with Crippen LogP contribution in [0.1, 0.15) is 45.4 Å². The molecule has 0 saturated heterocycles. The second kappa shape index (κ2) is 3.56. The predicted octanol–water partition coefficient (Wildman–Crippen LogP) is 3.75. The molecule has 0 amide bonds. The molecule has 0 aromatic rings. The summed E-state index contributed by atoms with van der Waals surface area (Å²) in [5.74, 6) is 0.568. The molecule has 2 aliphatic rings. The fourth-order valence-electron chi connectivity index (χ4n) is 1.71. The molecule has 74 valence electrons. The van der Waals surface area contributed by atoms with Crippen LogP contribution in [0, 0.1) is 5.92 Å². The predicted molar refractivity (Wildman–Crippen MR) is 54.1 cm³/mol. The third-order valence-electron chi connectivity index (χ3n) is 3.34. The lowest BCUT2D eigenvalue weighted by atomic mass is 9.80. The van der Waals surface area contributed by atoms with Crippen molar-refractivity contribution in [1.82, 2.24) is 0 Å². The molecule has 2 aliphatic carbocycles. The Hall–Kier alpha value is -0.110. The first kappa shape index (κ1) is 9.45. The normalized spacial score (nSPS) is 29.7. The first-order valence-corrected chi connectivity index (χ1v) is 5.67. The van der Waals surface area contributed by atoms with Gasteiger partial charge in [-0.15, -0.1) is 0 Å². The molecule has 0 aromatic carbocycles. The van der Waals surface area contributed by atoms with Gasteiger partial charge in [-0.2, -0.15) is 10.2 Å². The third kappa shape index (κ3) is 2.04. The van der Waals surface area contributed by atoms with E-state index in [1.807, 2.05) is 6.92 Å². The van der Waals surface area contributed by atoms with Gasteiger partial charge in [0.1, 0.15) is 0 Å². The Labute approximate surface area is 84.8 Å². The van der Waals surface area contributed by atoms with Crippen molar-refractivity contribution in [3.63, 3.8) is 0 Å². The molecule has 0 aliphatic heterocycles. The van der Waals surface area contributed by atoms with E-state index in [4.69, 9.17) is 11.6 Å². The Kier molecular flexibility index (Phi) is 2.59. The molecule has 0 heterocycles. The number of halogens is 1. The van der Waals surface area contributed by atoms with Crippen molar-refractivity contribution >= 4 is 11.6 Å². The van der Waals surface area contributed by atoms with Gasteiger partial charge in [-0.3, -0.25) is 0 Å². The van der Waals surface area contributed by atoms with Gasteiger partial charge in [-0.1, -0.05) is 18.0 Å². The SMILES string of the molecule is CC(Cl)(N=NC1CCC1)C1CCC1. The lowest BCUT2D eigenvalue weighted by Crippen LogP contribution is -2.32. The molecule has 13 heavy (non-hydrogen) atoms. The zero-order chi connectivity index (χ0) is 9.31. The van der Waals surface area contributed by atoms with E-state index in [9.17, 15) is 0 Å². The van der Waals surface area contributed by atoms with E-state index >= 15 is 0 Å². The Morgan fingerprint density at radius 3 is 2.15 bits per heavy atom. The number of hydrogen-bond acceptors (Lipinski definition) is 2. The van der Waals surface area contributed by atoms with Crippen LogP contribution in [0.25, 0.3) is 0 Å². The van der Waals surface area contributed by atoms with E-state index in [2.05, 4.69) is 10.2 Å². The minimum Gasteiger partial charge on any atom is -0.189 e. The smallest absolute Gasteiger partial charge is 0.154 e. The summed E-state index contributed by atoms with van der Waals surface area (Å²) in [6.07, 6.45) is 7.49. The lowest BCUT2D eigenvalue weighted by molar-refractivity contribution is 0.235. The number of rotatable bonds is 3. The average Bonchev–Trinajstić information content (AvgIpc) is 1.76. The average molecular weight is 201 g/mol. The fourth-order valence-corrected chi connectivity index (χ4v) is 1.98. The van der Waals surface area contributed by atoms with Crippen molar-refractivity contribution in [2.75, 3.05) is 0 Å². The lowest BCUT2D eigenvalue weighted by Gasteiger charge is -2.35. The zero-order valence-corrected chi connectivity index (χ0v) is 8.93. The molecule has 0 spiro atoms. The van der Waals surface area contributed by atoms with Crippen LogP contribution in [0.4, 0.5) is 0 Å². The van der Waals surface area contributed by atoms with E-state index in [-0.39, 0.29) is 0 Å². The Balaban J connectivity index is 1.86. The second-order valence-electron chi connectivity index (χ2n) is 4.45. The summed E-state index contributed by atoms with van der Waals surface area (Å²) in [6.45, 7) is 2.00. The quantitative estimate of drug-likeness (QED) is 0.377.